The Morgan fingerprint density at radius 3 is 1.04 bits per heavy atom. The third-order valence-electron chi connectivity index (χ3n) is 26.3. The third-order valence-corrected chi connectivity index (χ3v) is 26.3. The minimum absolute atomic E-state index is 0.0666. The molecule has 3 aliphatic carbocycles. The van der Waals surface area contributed by atoms with E-state index in [1.54, 1.807) is 0 Å². The third kappa shape index (κ3) is 9.53. The van der Waals surface area contributed by atoms with E-state index in [1.807, 2.05) is 24.4 Å². The number of benzene rings is 18. The van der Waals surface area contributed by atoms with Gasteiger partial charge in [-0.1, -0.05) is 327 Å². The van der Waals surface area contributed by atoms with Crippen molar-refractivity contribution in [3.63, 3.8) is 0 Å². The van der Waals surface area contributed by atoms with Crippen LogP contribution in [0.2, 0.25) is 0 Å². The Kier molecular flexibility index (Phi) is 14.5. The smallest absolute Gasteiger partial charge is 0.137 e. The van der Waals surface area contributed by atoms with Crippen LogP contribution in [0, 0.1) is 11.3 Å². The van der Waals surface area contributed by atoms with E-state index in [-0.39, 0.29) is 16.2 Å². The zero-order chi connectivity index (χ0) is 77.6. The minimum Gasteiger partial charge on any atom is -0.309 e. The van der Waals surface area contributed by atoms with Crippen molar-refractivity contribution < 1.29 is 0 Å². The molecule has 0 unspecified atom stereocenters. The first kappa shape index (κ1) is 67.3. The van der Waals surface area contributed by atoms with Crippen LogP contribution < -0.4 is 0 Å². The van der Waals surface area contributed by atoms with Crippen LogP contribution in [0.15, 0.2) is 358 Å². The summed E-state index contributed by atoms with van der Waals surface area (Å²) in [5, 5.41) is 32.6. The number of fused-ring (bicyclic) bond motifs is 24. The van der Waals surface area contributed by atoms with Gasteiger partial charge in [0.2, 0.25) is 0 Å². The van der Waals surface area contributed by atoms with Crippen LogP contribution in [0.3, 0.4) is 0 Å². The summed E-state index contributed by atoms with van der Waals surface area (Å²) in [5.41, 5.74) is 28.8. The quantitative estimate of drug-likeness (QED) is 0.176. The molecule has 22 aromatic rings. The standard InChI is InChI=1S/C41H29N.C36H24N2.C34H24N2/c1-41(2)34-20-9-8-19-32(34)39-37-29(16-11-21-35(37)41)25-36-38(39)33-23-22-27-14-6-7-18-31(27)40(33)42(36)30-17-10-15-28(24-30)26-12-4-3-5-13-26;1-36(2)29-12-6-5-11-27(29)34-32-24(9-7-13-30(32)36)20-31-33(34)28-19-16-23-8-3-4-10-26(23)35(28)38(31)25-17-14-22(21-37)15-18-25;1-34(2)26-14-6-5-13-24(26)32-30-22(11-9-15-27(30)34)20-28-31(32)25-18-17-21-10-3-4-12-23(21)33(25)36(28)29-16-7-8-19-35-29/h3-25H,1-2H3;3-20H,1-2H3;3-20H,1-2H3. The lowest BCUT2D eigenvalue weighted by Gasteiger charge is -2.35. The first-order valence-electron chi connectivity index (χ1n) is 40.5. The number of hydrogen-bond donors (Lipinski definition) is 0. The maximum Gasteiger partial charge on any atom is 0.137 e. The Morgan fingerprint density at radius 2 is 0.612 bits per heavy atom. The molecule has 0 spiro atoms. The number of aromatic nitrogens is 4. The van der Waals surface area contributed by atoms with E-state index in [0.29, 0.717) is 5.56 Å². The van der Waals surface area contributed by atoms with Gasteiger partial charge in [-0.05, 0) is 176 Å². The predicted octanol–water partition coefficient (Wildman–Crippen LogP) is 29.1. The molecular weight excluding hydrogens is 1400 g/mol. The number of nitriles is 1. The highest BCUT2D eigenvalue weighted by atomic mass is 15.1. The maximum atomic E-state index is 9.44. The molecule has 546 valence electrons. The molecule has 4 aromatic heterocycles. The molecule has 0 aliphatic heterocycles. The lowest BCUT2D eigenvalue weighted by molar-refractivity contribution is 0.645. The molecule has 116 heavy (non-hydrogen) atoms. The van der Waals surface area contributed by atoms with Crippen LogP contribution in [-0.2, 0) is 16.2 Å². The molecule has 25 rings (SSSR count). The summed E-state index contributed by atoms with van der Waals surface area (Å²) < 4.78 is 7.29. The number of pyridine rings is 1. The van der Waals surface area contributed by atoms with Crippen LogP contribution in [0.4, 0.5) is 0 Å². The van der Waals surface area contributed by atoms with Crippen LogP contribution in [-0.4, -0.2) is 18.7 Å². The lowest BCUT2D eigenvalue weighted by atomic mass is 9.68. The second-order valence-electron chi connectivity index (χ2n) is 33.5. The summed E-state index contributed by atoms with van der Waals surface area (Å²) in [5.74, 6) is 0.945. The van der Waals surface area contributed by atoms with Gasteiger partial charge in [0.25, 0.3) is 0 Å². The zero-order valence-electron chi connectivity index (χ0n) is 65.3. The second kappa shape index (κ2) is 25.0. The van der Waals surface area contributed by atoms with Crippen molar-refractivity contribution in [2.45, 2.75) is 57.8 Å². The first-order chi connectivity index (χ1) is 56.8. The average molecular weight is 1480 g/mol. The Labute approximate surface area is 672 Å². The van der Waals surface area contributed by atoms with E-state index in [9.17, 15) is 5.26 Å². The van der Waals surface area contributed by atoms with Crippen molar-refractivity contribution in [3.05, 3.63) is 397 Å². The van der Waals surface area contributed by atoms with E-state index in [2.05, 4.69) is 395 Å². The molecule has 0 N–H and O–H groups in total. The highest BCUT2D eigenvalue weighted by Crippen LogP contribution is 2.58. The lowest BCUT2D eigenvalue weighted by Crippen LogP contribution is -2.23. The van der Waals surface area contributed by atoms with E-state index in [0.717, 1.165) is 11.5 Å². The molecule has 0 fully saturated rings. The SMILES string of the molecule is CC1(C)c2ccccc2-c2c3c1cccc3cc1c2c2ccc3ccccc3c2n1-c1ccc(C#N)cc1.CC1(C)c2ccccc2-c2c3c1cccc3cc1c2c2ccc3ccccc3c2n1-c1cccc(-c2ccccc2)c1.CC1(C)c2ccccc2-c2c3c1cccc3cc1c2c2ccc3ccccc3c2n1-c1ccccn1. The summed E-state index contributed by atoms with van der Waals surface area (Å²) >= 11 is 0. The van der Waals surface area contributed by atoms with Gasteiger partial charge in [-0.2, -0.15) is 5.26 Å². The van der Waals surface area contributed by atoms with Crippen LogP contribution in [0.25, 0.3) is 192 Å². The highest BCUT2D eigenvalue weighted by molar-refractivity contribution is 6.31. The number of hydrogen-bond acceptors (Lipinski definition) is 2. The second-order valence-corrected chi connectivity index (χ2v) is 33.5. The Hall–Kier alpha value is -14.4. The summed E-state index contributed by atoms with van der Waals surface area (Å²) in [7, 11) is 0. The van der Waals surface area contributed by atoms with Crippen LogP contribution in [0.1, 0.15) is 80.5 Å². The summed E-state index contributed by atoms with van der Waals surface area (Å²) in [4.78, 5) is 4.83. The van der Waals surface area contributed by atoms with Crippen molar-refractivity contribution in [1.29, 1.82) is 5.26 Å². The molecule has 4 heterocycles. The van der Waals surface area contributed by atoms with E-state index < -0.39 is 0 Å². The van der Waals surface area contributed by atoms with Gasteiger partial charge < -0.3 is 9.13 Å². The predicted molar refractivity (Wildman–Crippen MR) is 488 cm³/mol. The monoisotopic (exact) mass is 1480 g/mol. The van der Waals surface area contributed by atoms with Gasteiger partial charge in [-0.15, -0.1) is 0 Å². The van der Waals surface area contributed by atoms with Crippen molar-refractivity contribution >= 4 is 130 Å². The molecule has 3 aliphatic rings. The van der Waals surface area contributed by atoms with Gasteiger partial charge in [-0.3, -0.25) is 4.57 Å². The molecule has 0 radical (unpaired) electrons. The van der Waals surface area contributed by atoms with Gasteiger partial charge in [0.1, 0.15) is 5.82 Å². The van der Waals surface area contributed by atoms with Crippen molar-refractivity contribution in [2.75, 3.05) is 0 Å². The zero-order valence-corrected chi connectivity index (χ0v) is 65.3. The van der Waals surface area contributed by atoms with Gasteiger partial charge in [0.05, 0.1) is 44.7 Å². The largest absolute Gasteiger partial charge is 0.309 e. The molecule has 0 atom stereocenters. The highest BCUT2D eigenvalue weighted by Gasteiger charge is 2.39. The van der Waals surface area contributed by atoms with Crippen LogP contribution >= 0.6 is 0 Å². The topological polar surface area (TPSA) is 51.5 Å². The Morgan fingerprint density at radius 1 is 0.259 bits per heavy atom. The fourth-order valence-electron chi connectivity index (χ4n) is 21.1. The first-order valence-corrected chi connectivity index (χ1v) is 40.5. The van der Waals surface area contributed by atoms with Gasteiger partial charge >= 0.3 is 0 Å². The molecule has 0 amide bonds. The minimum atomic E-state index is -0.0883. The van der Waals surface area contributed by atoms with E-state index in [4.69, 9.17) is 4.98 Å². The number of rotatable bonds is 4. The maximum absolute atomic E-state index is 9.44. The fraction of sp³-hybridized carbons (Fsp3) is 0.0811. The molecule has 0 saturated heterocycles. The van der Waals surface area contributed by atoms with Crippen molar-refractivity contribution in [3.8, 4) is 67.8 Å². The Bertz CT molecular complexity index is 8030. The molecule has 5 nitrogen and oxygen atoms in total. The van der Waals surface area contributed by atoms with E-state index >= 15 is 0 Å². The Balaban J connectivity index is 0.000000103. The van der Waals surface area contributed by atoms with Gasteiger partial charge in [0, 0.05) is 99.0 Å². The van der Waals surface area contributed by atoms with Gasteiger partial charge in [0.15, 0.2) is 0 Å². The normalized spacial score (nSPS) is 13.8. The molecule has 18 aromatic carbocycles. The molecular formula is C111H77N5. The molecule has 0 saturated carbocycles. The van der Waals surface area contributed by atoms with Gasteiger partial charge in [-0.25, -0.2) is 4.98 Å². The molecule has 0 bridgehead atoms. The van der Waals surface area contributed by atoms with Crippen molar-refractivity contribution in [2.24, 2.45) is 0 Å². The van der Waals surface area contributed by atoms with E-state index in [1.165, 1.54) is 214 Å². The van der Waals surface area contributed by atoms with Crippen LogP contribution in [0.5, 0.6) is 0 Å². The summed E-state index contributed by atoms with van der Waals surface area (Å²) in [6, 6.07) is 131. The fourth-order valence-corrected chi connectivity index (χ4v) is 21.1. The number of nitrogens with zero attached hydrogens (tertiary/aromatic N) is 5. The summed E-state index contributed by atoms with van der Waals surface area (Å²) in [6.07, 6.45) is 1.89. The average Bonchev–Trinajstić information content (AvgIpc) is 1.52. The summed E-state index contributed by atoms with van der Waals surface area (Å²) in [6.45, 7) is 14.2. The molecule has 5 heteroatoms. The van der Waals surface area contributed by atoms with Crippen molar-refractivity contribution in [1.82, 2.24) is 18.7 Å².